The third kappa shape index (κ3) is 6.37. The largest absolute Gasteiger partial charge is 0.469 e. The van der Waals surface area contributed by atoms with Gasteiger partial charge in [0, 0.05) is 12.2 Å². The highest BCUT2D eigenvalue weighted by molar-refractivity contribution is 7.92. The van der Waals surface area contributed by atoms with Crippen molar-refractivity contribution in [1.82, 2.24) is 0 Å². The standard InChI is InChI=1S/C13H18N2O5S/c1-20-13(17)6-7-21(18,19)9-12(16)15-11-4-2-10(8-14)3-5-11/h2-5H,6-9,14H2,1H3,(H,15,16). The normalized spacial score (nSPS) is 11.0. The summed E-state index contributed by atoms with van der Waals surface area (Å²) in [4.78, 5) is 22.6. The summed E-state index contributed by atoms with van der Waals surface area (Å²) in [6.45, 7) is 0.385. The fourth-order valence-corrected chi connectivity index (χ4v) is 2.63. The number of sulfone groups is 1. The predicted molar refractivity (Wildman–Crippen MR) is 78.2 cm³/mol. The Labute approximate surface area is 123 Å². The first-order valence-corrected chi connectivity index (χ1v) is 8.04. The topological polar surface area (TPSA) is 116 Å². The fourth-order valence-electron chi connectivity index (χ4n) is 1.53. The zero-order valence-electron chi connectivity index (χ0n) is 11.7. The highest BCUT2D eigenvalue weighted by Crippen LogP contribution is 2.09. The van der Waals surface area contributed by atoms with Gasteiger partial charge in [-0.15, -0.1) is 0 Å². The van der Waals surface area contributed by atoms with E-state index in [-0.39, 0.29) is 6.42 Å². The van der Waals surface area contributed by atoms with Crippen LogP contribution in [0.3, 0.4) is 0 Å². The van der Waals surface area contributed by atoms with Crippen LogP contribution in [-0.4, -0.2) is 38.9 Å². The molecule has 0 atom stereocenters. The van der Waals surface area contributed by atoms with Gasteiger partial charge in [-0.25, -0.2) is 8.42 Å². The average molecular weight is 314 g/mol. The maximum absolute atomic E-state index is 11.7. The van der Waals surface area contributed by atoms with Gasteiger partial charge in [0.1, 0.15) is 5.75 Å². The number of benzene rings is 1. The van der Waals surface area contributed by atoms with Gasteiger partial charge in [-0.3, -0.25) is 9.59 Å². The molecule has 21 heavy (non-hydrogen) atoms. The number of esters is 1. The van der Waals surface area contributed by atoms with Gasteiger partial charge in [-0.05, 0) is 17.7 Å². The van der Waals surface area contributed by atoms with Crippen LogP contribution in [0.2, 0.25) is 0 Å². The molecule has 3 N–H and O–H groups in total. The number of ether oxygens (including phenoxy) is 1. The van der Waals surface area contributed by atoms with E-state index in [1.165, 1.54) is 7.11 Å². The molecule has 0 saturated heterocycles. The molecule has 0 aliphatic carbocycles. The van der Waals surface area contributed by atoms with Crippen molar-refractivity contribution < 1.29 is 22.7 Å². The highest BCUT2D eigenvalue weighted by atomic mass is 32.2. The Morgan fingerprint density at radius 2 is 1.86 bits per heavy atom. The van der Waals surface area contributed by atoms with Crippen molar-refractivity contribution in [2.45, 2.75) is 13.0 Å². The molecule has 7 nitrogen and oxygen atoms in total. The second-order valence-corrected chi connectivity index (χ2v) is 6.55. The Balaban J connectivity index is 2.53. The zero-order valence-corrected chi connectivity index (χ0v) is 12.5. The Kier molecular flexibility index (Phi) is 6.32. The Morgan fingerprint density at radius 1 is 1.24 bits per heavy atom. The first-order chi connectivity index (χ1) is 9.86. The minimum Gasteiger partial charge on any atom is -0.469 e. The Morgan fingerprint density at radius 3 is 2.38 bits per heavy atom. The van der Waals surface area contributed by atoms with Gasteiger partial charge < -0.3 is 15.8 Å². The van der Waals surface area contributed by atoms with E-state index in [1.807, 2.05) is 0 Å². The van der Waals surface area contributed by atoms with Crippen LogP contribution in [0.1, 0.15) is 12.0 Å². The van der Waals surface area contributed by atoms with Gasteiger partial charge in [0.05, 0.1) is 19.3 Å². The van der Waals surface area contributed by atoms with E-state index in [4.69, 9.17) is 5.73 Å². The Hall–Kier alpha value is -1.93. The predicted octanol–water partition coefficient (Wildman–Crippen LogP) is 0.0617. The van der Waals surface area contributed by atoms with Crippen molar-refractivity contribution >= 4 is 27.4 Å². The smallest absolute Gasteiger partial charge is 0.306 e. The van der Waals surface area contributed by atoms with E-state index < -0.39 is 33.2 Å². The van der Waals surface area contributed by atoms with E-state index in [0.29, 0.717) is 12.2 Å². The average Bonchev–Trinajstić information content (AvgIpc) is 2.45. The number of carbonyl (C=O) groups is 2. The van der Waals surface area contributed by atoms with Crippen molar-refractivity contribution in [1.29, 1.82) is 0 Å². The van der Waals surface area contributed by atoms with Crippen LogP contribution in [0.15, 0.2) is 24.3 Å². The molecule has 1 aromatic rings. The van der Waals surface area contributed by atoms with Crippen molar-refractivity contribution in [3.05, 3.63) is 29.8 Å². The van der Waals surface area contributed by atoms with E-state index in [2.05, 4.69) is 10.1 Å². The molecule has 0 saturated carbocycles. The summed E-state index contributed by atoms with van der Waals surface area (Å²) in [5.41, 5.74) is 6.84. The lowest BCUT2D eigenvalue weighted by molar-refractivity contribution is -0.140. The number of hydrogen-bond acceptors (Lipinski definition) is 6. The number of hydrogen-bond donors (Lipinski definition) is 2. The first-order valence-electron chi connectivity index (χ1n) is 6.22. The van der Waals surface area contributed by atoms with E-state index in [1.54, 1.807) is 24.3 Å². The minimum absolute atomic E-state index is 0.267. The molecule has 0 fully saturated rings. The number of nitrogens with one attached hydrogen (secondary N) is 1. The van der Waals surface area contributed by atoms with Crippen LogP contribution in [0, 0.1) is 0 Å². The van der Waals surface area contributed by atoms with Crippen molar-refractivity contribution in [2.24, 2.45) is 5.73 Å². The SMILES string of the molecule is COC(=O)CCS(=O)(=O)CC(=O)Nc1ccc(CN)cc1. The van der Waals surface area contributed by atoms with Gasteiger partial charge in [-0.1, -0.05) is 12.1 Å². The molecule has 0 bridgehead atoms. The van der Waals surface area contributed by atoms with Gasteiger partial charge in [-0.2, -0.15) is 0 Å². The molecule has 116 valence electrons. The maximum atomic E-state index is 11.7. The summed E-state index contributed by atoms with van der Waals surface area (Å²) in [5.74, 6) is -2.38. The maximum Gasteiger partial charge on any atom is 0.306 e. The van der Waals surface area contributed by atoms with Crippen molar-refractivity contribution in [3.63, 3.8) is 0 Å². The lowest BCUT2D eigenvalue weighted by Crippen LogP contribution is -2.25. The summed E-state index contributed by atoms with van der Waals surface area (Å²) < 4.78 is 27.7. The Bertz CT molecular complexity index is 595. The lowest BCUT2D eigenvalue weighted by Gasteiger charge is -2.07. The van der Waals surface area contributed by atoms with E-state index in [9.17, 15) is 18.0 Å². The van der Waals surface area contributed by atoms with E-state index >= 15 is 0 Å². The summed E-state index contributed by atoms with van der Waals surface area (Å²) in [6, 6.07) is 6.76. The number of methoxy groups -OCH3 is 1. The molecular weight excluding hydrogens is 296 g/mol. The third-order valence-electron chi connectivity index (χ3n) is 2.67. The van der Waals surface area contributed by atoms with Crippen LogP contribution in [0.4, 0.5) is 5.69 Å². The van der Waals surface area contributed by atoms with Gasteiger partial charge in [0.2, 0.25) is 5.91 Å². The molecule has 1 amide bonds. The molecule has 1 rings (SSSR count). The van der Waals surface area contributed by atoms with Gasteiger partial charge in [0.25, 0.3) is 0 Å². The molecule has 0 aliphatic rings. The van der Waals surface area contributed by atoms with E-state index in [0.717, 1.165) is 5.56 Å². The number of anilines is 1. The summed E-state index contributed by atoms with van der Waals surface area (Å²) in [5, 5.41) is 2.48. The van der Waals surface area contributed by atoms with Crippen molar-refractivity contribution in [2.75, 3.05) is 23.9 Å². The molecule has 0 aliphatic heterocycles. The molecule has 0 heterocycles. The number of rotatable bonds is 7. The van der Waals surface area contributed by atoms with Crippen LogP contribution >= 0.6 is 0 Å². The molecule has 0 unspecified atom stereocenters. The molecule has 0 radical (unpaired) electrons. The molecule has 8 heteroatoms. The highest BCUT2D eigenvalue weighted by Gasteiger charge is 2.18. The minimum atomic E-state index is -3.65. The monoisotopic (exact) mass is 314 g/mol. The summed E-state index contributed by atoms with van der Waals surface area (Å²) >= 11 is 0. The molecule has 0 aromatic heterocycles. The number of nitrogens with two attached hydrogens (primary N) is 1. The van der Waals surface area contributed by atoms with Crippen LogP contribution < -0.4 is 11.1 Å². The van der Waals surface area contributed by atoms with Crippen LogP contribution in [-0.2, 0) is 30.7 Å². The second-order valence-electron chi connectivity index (χ2n) is 4.37. The summed E-state index contributed by atoms with van der Waals surface area (Å²) in [7, 11) is -2.48. The summed E-state index contributed by atoms with van der Waals surface area (Å²) in [6.07, 6.45) is -0.267. The van der Waals surface area contributed by atoms with Crippen LogP contribution in [0.25, 0.3) is 0 Å². The van der Waals surface area contributed by atoms with Crippen LogP contribution in [0.5, 0.6) is 0 Å². The van der Waals surface area contributed by atoms with Gasteiger partial charge in [0.15, 0.2) is 9.84 Å². The molecule has 0 spiro atoms. The third-order valence-corrected chi connectivity index (χ3v) is 4.20. The number of amides is 1. The quantitative estimate of drug-likeness (QED) is 0.688. The molecule has 1 aromatic carbocycles. The second kappa shape index (κ2) is 7.75. The fraction of sp³-hybridized carbons (Fsp3) is 0.385. The van der Waals surface area contributed by atoms with Crippen molar-refractivity contribution in [3.8, 4) is 0 Å². The molecular formula is C13H18N2O5S. The number of carbonyl (C=O) groups excluding carboxylic acids is 2. The van der Waals surface area contributed by atoms with Gasteiger partial charge >= 0.3 is 5.97 Å². The lowest BCUT2D eigenvalue weighted by atomic mass is 10.2. The zero-order chi connectivity index (χ0) is 15.9. The first kappa shape index (κ1) is 17.1.